The van der Waals surface area contributed by atoms with Gasteiger partial charge in [0, 0.05) is 6.42 Å². The van der Waals surface area contributed by atoms with Gasteiger partial charge in [-0.2, -0.15) is 5.10 Å². The minimum atomic E-state index is -0.0266. The first-order chi connectivity index (χ1) is 9.17. The van der Waals surface area contributed by atoms with Crippen LogP contribution in [-0.4, -0.2) is 18.7 Å². The second-order valence-electron chi connectivity index (χ2n) is 4.42. The van der Waals surface area contributed by atoms with E-state index in [2.05, 4.69) is 17.5 Å². The molecular formula is C15H22N2O2. The first kappa shape index (κ1) is 15.2. The monoisotopic (exact) mass is 262 g/mol. The fraction of sp³-hybridized carbons (Fsp3) is 0.467. The van der Waals surface area contributed by atoms with Crippen molar-refractivity contribution < 1.29 is 9.53 Å². The Hall–Kier alpha value is -1.84. The van der Waals surface area contributed by atoms with Crippen molar-refractivity contribution in [1.29, 1.82) is 0 Å². The van der Waals surface area contributed by atoms with Gasteiger partial charge in [-0.3, -0.25) is 4.79 Å². The Morgan fingerprint density at radius 2 is 1.95 bits per heavy atom. The first-order valence-electron chi connectivity index (χ1n) is 6.65. The fourth-order valence-electron chi connectivity index (χ4n) is 1.63. The van der Waals surface area contributed by atoms with Crippen molar-refractivity contribution in [2.24, 2.45) is 5.10 Å². The lowest BCUT2D eigenvalue weighted by Crippen LogP contribution is -2.18. The number of carbonyl (C=O) groups excluding carboxylic acids is 1. The van der Waals surface area contributed by atoms with E-state index in [1.807, 2.05) is 31.2 Å². The summed E-state index contributed by atoms with van der Waals surface area (Å²) >= 11 is 0. The smallest absolute Gasteiger partial charge is 0.240 e. The highest BCUT2D eigenvalue weighted by atomic mass is 16.5. The van der Waals surface area contributed by atoms with Gasteiger partial charge in [-0.05, 0) is 43.2 Å². The topological polar surface area (TPSA) is 50.7 Å². The summed E-state index contributed by atoms with van der Waals surface area (Å²) in [6.07, 6.45) is 3.64. The van der Waals surface area contributed by atoms with E-state index in [0.717, 1.165) is 36.3 Å². The molecule has 4 heteroatoms. The van der Waals surface area contributed by atoms with Crippen LogP contribution in [0, 0.1) is 0 Å². The van der Waals surface area contributed by atoms with Crippen molar-refractivity contribution in [2.45, 2.75) is 39.5 Å². The molecule has 0 saturated carbocycles. The molecule has 0 aromatic heterocycles. The molecule has 4 nitrogen and oxygen atoms in total. The maximum Gasteiger partial charge on any atom is 0.240 e. The Morgan fingerprint density at radius 1 is 1.26 bits per heavy atom. The predicted molar refractivity (Wildman–Crippen MR) is 77.5 cm³/mol. The lowest BCUT2D eigenvalue weighted by atomic mass is 10.1. The van der Waals surface area contributed by atoms with Crippen molar-refractivity contribution in [1.82, 2.24) is 5.43 Å². The normalized spacial score (nSPS) is 11.2. The number of hydrogen-bond donors (Lipinski definition) is 1. The van der Waals surface area contributed by atoms with Crippen LogP contribution in [-0.2, 0) is 4.79 Å². The van der Waals surface area contributed by atoms with E-state index in [1.54, 1.807) is 7.11 Å². The molecule has 19 heavy (non-hydrogen) atoms. The molecule has 0 fully saturated rings. The molecule has 0 unspecified atom stereocenters. The summed E-state index contributed by atoms with van der Waals surface area (Å²) in [5.41, 5.74) is 4.34. The summed E-state index contributed by atoms with van der Waals surface area (Å²) in [6.45, 7) is 3.98. The molecule has 0 bridgehead atoms. The maximum absolute atomic E-state index is 11.5. The Morgan fingerprint density at radius 3 is 2.53 bits per heavy atom. The van der Waals surface area contributed by atoms with Crippen LogP contribution in [0.1, 0.15) is 45.1 Å². The van der Waals surface area contributed by atoms with Crippen LogP contribution in [0.2, 0.25) is 0 Å². The quantitative estimate of drug-likeness (QED) is 0.466. The molecule has 0 atom stereocenters. The molecule has 0 heterocycles. The van der Waals surface area contributed by atoms with E-state index in [-0.39, 0.29) is 5.91 Å². The Kier molecular flexibility index (Phi) is 6.64. The number of benzene rings is 1. The lowest BCUT2D eigenvalue weighted by molar-refractivity contribution is -0.121. The van der Waals surface area contributed by atoms with E-state index in [1.165, 1.54) is 0 Å². The average molecular weight is 262 g/mol. The molecule has 0 saturated heterocycles. The molecule has 0 aliphatic heterocycles. The third kappa shape index (κ3) is 5.55. The average Bonchev–Trinajstić information content (AvgIpc) is 2.45. The highest BCUT2D eigenvalue weighted by Gasteiger charge is 2.01. The molecule has 0 radical (unpaired) electrons. The van der Waals surface area contributed by atoms with Crippen molar-refractivity contribution in [3.63, 3.8) is 0 Å². The molecule has 1 N–H and O–H groups in total. The SMILES string of the molecule is CCCCCC(=O)NN=C(C)c1ccc(OC)cc1. The van der Waals surface area contributed by atoms with Crippen molar-refractivity contribution >= 4 is 11.6 Å². The van der Waals surface area contributed by atoms with Gasteiger partial charge in [0.15, 0.2) is 0 Å². The van der Waals surface area contributed by atoms with Crippen LogP contribution >= 0.6 is 0 Å². The van der Waals surface area contributed by atoms with Gasteiger partial charge in [0.25, 0.3) is 0 Å². The number of hydrogen-bond acceptors (Lipinski definition) is 3. The third-order valence-electron chi connectivity index (χ3n) is 2.86. The minimum absolute atomic E-state index is 0.0266. The molecule has 104 valence electrons. The number of ether oxygens (including phenoxy) is 1. The zero-order chi connectivity index (χ0) is 14.1. The number of nitrogens with zero attached hydrogens (tertiary/aromatic N) is 1. The highest BCUT2D eigenvalue weighted by Crippen LogP contribution is 2.11. The number of unbranched alkanes of at least 4 members (excludes halogenated alkanes) is 2. The van der Waals surface area contributed by atoms with E-state index < -0.39 is 0 Å². The number of rotatable bonds is 7. The van der Waals surface area contributed by atoms with Crippen LogP contribution in [0.5, 0.6) is 5.75 Å². The first-order valence-corrected chi connectivity index (χ1v) is 6.65. The van der Waals surface area contributed by atoms with Gasteiger partial charge in [0.1, 0.15) is 5.75 Å². The fourth-order valence-corrected chi connectivity index (χ4v) is 1.63. The zero-order valence-electron chi connectivity index (χ0n) is 11.9. The highest BCUT2D eigenvalue weighted by molar-refractivity contribution is 5.99. The lowest BCUT2D eigenvalue weighted by Gasteiger charge is -2.04. The van der Waals surface area contributed by atoms with E-state index >= 15 is 0 Å². The minimum Gasteiger partial charge on any atom is -0.497 e. The number of methoxy groups -OCH3 is 1. The third-order valence-corrected chi connectivity index (χ3v) is 2.86. The largest absolute Gasteiger partial charge is 0.497 e. The summed E-state index contributed by atoms with van der Waals surface area (Å²) in [5.74, 6) is 0.779. The molecule has 1 aromatic rings. The summed E-state index contributed by atoms with van der Waals surface area (Å²) < 4.78 is 5.09. The zero-order valence-corrected chi connectivity index (χ0v) is 11.9. The van der Waals surface area contributed by atoms with Crippen LogP contribution < -0.4 is 10.2 Å². The molecular weight excluding hydrogens is 240 g/mol. The molecule has 1 rings (SSSR count). The van der Waals surface area contributed by atoms with Gasteiger partial charge in [0.2, 0.25) is 5.91 Å². The van der Waals surface area contributed by atoms with Crippen LogP contribution in [0.4, 0.5) is 0 Å². The van der Waals surface area contributed by atoms with Crippen molar-refractivity contribution in [3.8, 4) is 5.75 Å². The Labute approximate surface area is 114 Å². The predicted octanol–water partition coefficient (Wildman–Crippen LogP) is 3.12. The Balaban J connectivity index is 2.49. The summed E-state index contributed by atoms with van der Waals surface area (Å²) in [5, 5.41) is 4.10. The van der Waals surface area contributed by atoms with Crippen LogP contribution in [0.25, 0.3) is 0 Å². The molecule has 0 aliphatic rings. The second kappa shape index (κ2) is 8.29. The Bertz CT molecular complexity index is 424. The number of amides is 1. The van der Waals surface area contributed by atoms with Gasteiger partial charge >= 0.3 is 0 Å². The number of nitrogens with one attached hydrogen (secondary N) is 1. The van der Waals surface area contributed by atoms with Crippen LogP contribution in [0.3, 0.4) is 0 Å². The van der Waals surface area contributed by atoms with Gasteiger partial charge in [-0.25, -0.2) is 5.43 Å². The maximum atomic E-state index is 11.5. The molecule has 0 aliphatic carbocycles. The van der Waals surface area contributed by atoms with Gasteiger partial charge in [0.05, 0.1) is 12.8 Å². The van der Waals surface area contributed by atoms with Gasteiger partial charge < -0.3 is 4.74 Å². The second-order valence-corrected chi connectivity index (χ2v) is 4.42. The van der Waals surface area contributed by atoms with Crippen molar-refractivity contribution in [3.05, 3.63) is 29.8 Å². The van der Waals surface area contributed by atoms with E-state index in [9.17, 15) is 4.79 Å². The van der Waals surface area contributed by atoms with Crippen molar-refractivity contribution in [2.75, 3.05) is 7.11 Å². The molecule has 1 amide bonds. The summed E-state index contributed by atoms with van der Waals surface area (Å²) in [4.78, 5) is 11.5. The molecule has 0 spiro atoms. The van der Waals surface area contributed by atoms with Gasteiger partial charge in [-0.1, -0.05) is 19.8 Å². The summed E-state index contributed by atoms with van der Waals surface area (Å²) in [7, 11) is 1.63. The van der Waals surface area contributed by atoms with Crippen LogP contribution in [0.15, 0.2) is 29.4 Å². The standard InChI is InChI=1S/C15H22N2O2/c1-4-5-6-7-15(18)17-16-12(2)13-8-10-14(19-3)11-9-13/h8-11H,4-7H2,1-3H3,(H,17,18). The van der Waals surface area contributed by atoms with E-state index in [4.69, 9.17) is 4.74 Å². The number of hydrazone groups is 1. The summed E-state index contributed by atoms with van der Waals surface area (Å²) in [6, 6.07) is 7.58. The van der Waals surface area contributed by atoms with Gasteiger partial charge in [-0.15, -0.1) is 0 Å². The number of carbonyl (C=O) groups is 1. The van der Waals surface area contributed by atoms with E-state index in [0.29, 0.717) is 6.42 Å². The molecule has 1 aromatic carbocycles.